The fourth-order valence-electron chi connectivity index (χ4n) is 3.31. The van der Waals surface area contributed by atoms with Gasteiger partial charge in [0.05, 0.1) is 28.9 Å². The molecule has 0 bridgehead atoms. The first-order chi connectivity index (χ1) is 14.0. The van der Waals surface area contributed by atoms with Gasteiger partial charge in [0.2, 0.25) is 5.91 Å². The van der Waals surface area contributed by atoms with E-state index in [0.29, 0.717) is 16.3 Å². The summed E-state index contributed by atoms with van der Waals surface area (Å²) in [5.74, 6) is -0.0563. The number of piperazine rings is 1. The summed E-state index contributed by atoms with van der Waals surface area (Å²) >= 11 is 11.8. The van der Waals surface area contributed by atoms with Crippen molar-refractivity contribution in [3.63, 3.8) is 0 Å². The molecule has 30 heavy (non-hydrogen) atoms. The average Bonchev–Trinajstić information content (AvgIpc) is 2.97. The van der Waals surface area contributed by atoms with Gasteiger partial charge in [-0.15, -0.1) is 0 Å². The summed E-state index contributed by atoms with van der Waals surface area (Å²) in [6.45, 7) is 1.42. The molecule has 1 saturated heterocycles. The lowest BCUT2D eigenvalue weighted by atomic mass is 10.0. The van der Waals surface area contributed by atoms with Crippen LogP contribution in [0.15, 0.2) is 18.2 Å². The Balaban J connectivity index is 1.88. The maximum atomic E-state index is 13.1. The van der Waals surface area contributed by atoms with Gasteiger partial charge in [-0.25, -0.2) is 0 Å². The first kappa shape index (κ1) is 22.7. The predicted molar refractivity (Wildman–Crippen MR) is 103 cm³/mol. The highest BCUT2D eigenvalue weighted by Crippen LogP contribution is 2.36. The Kier molecular flexibility index (Phi) is 6.51. The number of amides is 1. The van der Waals surface area contributed by atoms with Crippen LogP contribution in [0.4, 0.5) is 13.2 Å². The number of halogens is 5. The van der Waals surface area contributed by atoms with Crippen LogP contribution in [0.1, 0.15) is 23.0 Å². The highest BCUT2D eigenvalue weighted by atomic mass is 35.5. The number of aromatic nitrogens is 2. The molecule has 2 heterocycles. The number of benzene rings is 1. The molecule has 2 aromatic rings. The summed E-state index contributed by atoms with van der Waals surface area (Å²) in [5.41, 5.74) is -0.522. The molecule has 0 spiro atoms. The molecular weight excluding hydrogens is 448 g/mol. The summed E-state index contributed by atoms with van der Waals surface area (Å²) < 4.78 is 45.3. The summed E-state index contributed by atoms with van der Waals surface area (Å²) in [7, 11) is 1.45. The van der Waals surface area contributed by atoms with Gasteiger partial charge in [-0.05, 0) is 24.6 Å². The Bertz CT molecular complexity index is 951. The van der Waals surface area contributed by atoms with Crippen LogP contribution in [-0.2, 0) is 17.5 Å². The fourth-order valence-corrected chi connectivity index (χ4v) is 3.75. The number of hydrogen-bond acceptors (Lipinski definition) is 5. The van der Waals surface area contributed by atoms with E-state index in [0.717, 1.165) is 9.75 Å². The lowest BCUT2D eigenvalue weighted by Crippen LogP contribution is -2.50. The maximum absolute atomic E-state index is 13.1. The van der Waals surface area contributed by atoms with Crippen LogP contribution in [0.3, 0.4) is 0 Å². The molecule has 1 N–H and O–H groups in total. The van der Waals surface area contributed by atoms with Crippen molar-refractivity contribution in [3.05, 3.63) is 45.2 Å². The molecule has 1 aliphatic heterocycles. The molecule has 7 nitrogen and oxygen atoms in total. The van der Waals surface area contributed by atoms with Crippen LogP contribution in [0.25, 0.3) is 0 Å². The molecule has 1 aliphatic rings. The normalized spacial score (nSPS) is 18.0. The van der Waals surface area contributed by atoms with E-state index < -0.39 is 35.4 Å². The van der Waals surface area contributed by atoms with Crippen LogP contribution in [-0.4, -0.2) is 57.6 Å². The van der Waals surface area contributed by atoms with Gasteiger partial charge in [-0.3, -0.25) is 9.48 Å². The summed E-state index contributed by atoms with van der Waals surface area (Å²) in [6.07, 6.45) is -4.72. The van der Waals surface area contributed by atoms with Gasteiger partial charge < -0.3 is 14.8 Å². The molecule has 1 atom stereocenters. The van der Waals surface area contributed by atoms with E-state index >= 15 is 0 Å². The van der Waals surface area contributed by atoms with Gasteiger partial charge in [0.25, 0.3) is 0 Å². The SMILES string of the molecule is COc1cc(C2CN(O)CCN2C(=O)Cn2nc(C(F)(F)F)c(Cl)c2C)ccc1Cl. The van der Waals surface area contributed by atoms with Gasteiger partial charge in [-0.2, -0.15) is 23.3 Å². The van der Waals surface area contributed by atoms with Crippen molar-refractivity contribution < 1.29 is 27.9 Å². The molecule has 1 fully saturated rings. The number of carbonyl (C=O) groups excluding carboxylic acids is 1. The number of hydroxylamine groups is 2. The number of nitrogens with zero attached hydrogens (tertiary/aromatic N) is 4. The highest BCUT2D eigenvalue weighted by molar-refractivity contribution is 6.32. The maximum Gasteiger partial charge on any atom is 0.436 e. The quantitative estimate of drug-likeness (QED) is 0.741. The molecule has 1 unspecified atom stereocenters. The minimum atomic E-state index is -4.72. The zero-order valence-electron chi connectivity index (χ0n) is 16.1. The molecule has 0 radical (unpaired) electrons. The first-order valence-corrected chi connectivity index (χ1v) is 9.65. The van der Waals surface area contributed by atoms with Crippen LogP contribution in [0.2, 0.25) is 10.0 Å². The minimum Gasteiger partial charge on any atom is -0.495 e. The first-order valence-electron chi connectivity index (χ1n) is 8.89. The van der Waals surface area contributed by atoms with Crippen molar-refractivity contribution in [1.29, 1.82) is 0 Å². The fraction of sp³-hybridized carbons (Fsp3) is 0.444. The van der Waals surface area contributed by atoms with Gasteiger partial charge in [0.15, 0.2) is 5.69 Å². The molecule has 1 aromatic heterocycles. The van der Waals surface area contributed by atoms with Crippen molar-refractivity contribution in [2.24, 2.45) is 0 Å². The molecule has 3 rings (SSSR count). The second-order valence-electron chi connectivity index (χ2n) is 6.81. The monoisotopic (exact) mass is 466 g/mol. The highest BCUT2D eigenvalue weighted by Gasteiger charge is 2.39. The smallest absolute Gasteiger partial charge is 0.436 e. The second kappa shape index (κ2) is 8.62. The van der Waals surface area contributed by atoms with Crippen LogP contribution in [0.5, 0.6) is 5.75 Å². The number of carbonyl (C=O) groups is 1. The molecular formula is C18H19Cl2F3N4O3. The van der Waals surface area contributed by atoms with E-state index in [9.17, 15) is 23.2 Å². The Morgan fingerprint density at radius 1 is 1.33 bits per heavy atom. The zero-order valence-corrected chi connectivity index (χ0v) is 17.6. The van der Waals surface area contributed by atoms with Crippen molar-refractivity contribution in [1.82, 2.24) is 19.7 Å². The molecule has 1 amide bonds. The Morgan fingerprint density at radius 3 is 2.63 bits per heavy atom. The second-order valence-corrected chi connectivity index (χ2v) is 7.60. The Morgan fingerprint density at radius 2 is 2.03 bits per heavy atom. The molecule has 1 aromatic carbocycles. The number of ether oxygens (including phenoxy) is 1. The average molecular weight is 467 g/mol. The summed E-state index contributed by atoms with van der Waals surface area (Å²) in [6, 6.07) is 4.41. The summed E-state index contributed by atoms with van der Waals surface area (Å²) in [4.78, 5) is 14.5. The van der Waals surface area contributed by atoms with E-state index in [4.69, 9.17) is 27.9 Å². The van der Waals surface area contributed by atoms with Crippen LogP contribution < -0.4 is 4.74 Å². The third-order valence-electron chi connectivity index (χ3n) is 4.93. The van der Waals surface area contributed by atoms with Gasteiger partial charge in [-0.1, -0.05) is 29.3 Å². The minimum absolute atomic E-state index is 0.0443. The molecule has 0 aliphatic carbocycles. The molecule has 12 heteroatoms. The van der Waals surface area contributed by atoms with Crippen LogP contribution in [0, 0.1) is 6.92 Å². The van der Waals surface area contributed by atoms with E-state index in [1.165, 1.54) is 18.9 Å². The largest absolute Gasteiger partial charge is 0.495 e. The Hall–Kier alpha value is -2.01. The van der Waals surface area contributed by atoms with Crippen molar-refractivity contribution >= 4 is 29.1 Å². The summed E-state index contributed by atoms with van der Waals surface area (Å²) in [5, 5.41) is 14.4. The number of alkyl halides is 3. The van der Waals surface area contributed by atoms with Gasteiger partial charge >= 0.3 is 6.18 Å². The van der Waals surface area contributed by atoms with Crippen LogP contribution >= 0.6 is 23.2 Å². The standard InChI is InChI=1S/C18H19Cl2F3N4O3/c1-10-16(20)17(18(21,22)23)24-27(10)9-15(28)26-6-5-25(29)8-13(26)11-3-4-12(19)14(7-11)30-2/h3-4,7,13,29H,5-6,8-9H2,1-2H3. The lowest BCUT2D eigenvalue weighted by Gasteiger charge is -2.39. The molecule has 164 valence electrons. The topological polar surface area (TPSA) is 70.8 Å². The lowest BCUT2D eigenvalue weighted by molar-refractivity contribution is -0.157. The van der Waals surface area contributed by atoms with E-state index in [1.54, 1.807) is 18.2 Å². The van der Waals surface area contributed by atoms with Crippen molar-refractivity contribution in [2.45, 2.75) is 25.7 Å². The van der Waals surface area contributed by atoms with E-state index in [2.05, 4.69) is 5.10 Å². The number of hydrogen-bond donors (Lipinski definition) is 1. The third-order valence-corrected chi connectivity index (χ3v) is 5.69. The van der Waals surface area contributed by atoms with E-state index in [-0.39, 0.29) is 25.3 Å². The van der Waals surface area contributed by atoms with E-state index in [1.807, 2.05) is 0 Å². The number of rotatable bonds is 4. The van der Waals surface area contributed by atoms with Gasteiger partial charge in [0, 0.05) is 19.6 Å². The van der Waals surface area contributed by atoms with Crippen molar-refractivity contribution in [2.75, 3.05) is 26.7 Å². The predicted octanol–water partition coefficient (Wildman–Crippen LogP) is 3.80. The zero-order chi connectivity index (χ0) is 22.2. The Labute approximate surface area is 180 Å². The number of methoxy groups -OCH3 is 1. The molecule has 0 saturated carbocycles. The van der Waals surface area contributed by atoms with Crippen molar-refractivity contribution in [3.8, 4) is 5.75 Å². The van der Waals surface area contributed by atoms with Gasteiger partial charge in [0.1, 0.15) is 12.3 Å². The third kappa shape index (κ3) is 4.51.